The number of carbonyl (C=O) groups excluding carboxylic acids is 1. The lowest BCUT2D eigenvalue weighted by atomic mass is 10.1. The number of rotatable bonds is 3. The number of fused-ring (bicyclic) bond motifs is 2. The minimum Gasteiger partial charge on any atom is -0.399 e. The van der Waals surface area contributed by atoms with E-state index < -0.39 is 5.79 Å². The Morgan fingerprint density at radius 2 is 2.10 bits per heavy atom. The van der Waals surface area contributed by atoms with Crippen molar-refractivity contribution in [2.75, 3.05) is 30.4 Å². The average Bonchev–Trinajstić information content (AvgIpc) is 2.68. The summed E-state index contributed by atoms with van der Waals surface area (Å²) in [7, 11) is 0. The van der Waals surface area contributed by atoms with Gasteiger partial charge in [-0.05, 0) is 31.0 Å². The maximum atomic E-state index is 12.8. The molecule has 0 bridgehead atoms. The number of hydrogen-bond donors (Lipinski definition) is 1. The molecule has 0 saturated carbocycles. The first-order valence-electron chi connectivity index (χ1n) is 7.19. The van der Waals surface area contributed by atoms with E-state index in [4.69, 9.17) is 15.2 Å². The maximum Gasteiger partial charge on any atom is 0.292 e. The molecule has 2 heterocycles. The van der Waals surface area contributed by atoms with Crippen LogP contribution in [-0.4, -0.2) is 25.7 Å². The van der Waals surface area contributed by atoms with Gasteiger partial charge >= 0.3 is 0 Å². The molecule has 2 aliphatic rings. The third-order valence-electron chi connectivity index (χ3n) is 3.83. The summed E-state index contributed by atoms with van der Waals surface area (Å²) >= 11 is 0. The number of hydrogen-bond acceptors (Lipinski definition) is 4. The van der Waals surface area contributed by atoms with Gasteiger partial charge in [0.05, 0.1) is 18.9 Å². The Morgan fingerprint density at radius 3 is 2.80 bits per heavy atom. The molecule has 0 radical (unpaired) electrons. The van der Waals surface area contributed by atoms with Crippen molar-refractivity contribution in [2.24, 2.45) is 0 Å². The molecule has 20 heavy (non-hydrogen) atoms. The van der Waals surface area contributed by atoms with Crippen molar-refractivity contribution in [1.82, 2.24) is 0 Å². The molecule has 1 aromatic rings. The van der Waals surface area contributed by atoms with Crippen LogP contribution < -0.4 is 10.6 Å². The van der Waals surface area contributed by atoms with E-state index in [0.29, 0.717) is 25.4 Å². The van der Waals surface area contributed by atoms with Crippen LogP contribution in [0.2, 0.25) is 0 Å². The first-order valence-corrected chi connectivity index (χ1v) is 7.19. The fourth-order valence-corrected chi connectivity index (χ4v) is 2.80. The van der Waals surface area contributed by atoms with Gasteiger partial charge in [0.2, 0.25) is 0 Å². The van der Waals surface area contributed by atoms with Crippen LogP contribution in [0.4, 0.5) is 11.4 Å². The van der Waals surface area contributed by atoms with Crippen molar-refractivity contribution in [3.63, 3.8) is 0 Å². The molecule has 1 saturated heterocycles. The second kappa shape index (κ2) is 5.07. The molecular formula is C15H20N2O3. The molecule has 1 fully saturated rings. The van der Waals surface area contributed by atoms with Crippen LogP contribution in [0.25, 0.3) is 0 Å². The summed E-state index contributed by atoms with van der Waals surface area (Å²) in [6, 6.07) is 5.49. The van der Waals surface area contributed by atoms with Crippen LogP contribution in [0.15, 0.2) is 18.2 Å². The van der Waals surface area contributed by atoms with Crippen LogP contribution in [0.5, 0.6) is 0 Å². The Morgan fingerprint density at radius 1 is 1.35 bits per heavy atom. The van der Waals surface area contributed by atoms with Gasteiger partial charge in [0.15, 0.2) is 0 Å². The van der Waals surface area contributed by atoms with Gasteiger partial charge in [0, 0.05) is 17.8 Å². The summed E-state index contributed by atoms with van der Waals surface area (Å²) in [6.07, 6.45) is 2.79. The van der Waals surface area contributed by atoms with Crippen LogP contribution in [0, 0.1) is 0 Å². The highest BCUT2D eigenvalue weighted by molar-refractivity contribution is 6.06. The first kappa shape index (κ1) is 13.4. The van der Waals surface area contributed by atoms with Gasteiger partial charge < -0.3 is 20.1 Å². The van der Waals surface area contributed by atoms with Crippen molar-refractivity contribution in [3.8, 4) is 0 Å². The van der Waals surface area contributed by atoms with Crippen molar-refractivity contribution >= 4 is 17.3 Å². The third kappa shape index (κ3) is 1.89. The molecule has 2 N–H and O–H groups in total. The van der Waals surface area contributed by atoms with E-state index in [1.807, 2.05) is 12.1 Å². The molecule has 2 aliphatic heterocycles. The first-order chi connectivity index (χ1) is 9.69. The van der Waals surface area contributed by atoms with Crippen molar-refractivity contribution in [3.05, 3.63) is 23.8 Å². The number of nitrogens with zero attached hydrogens (tertiary/aromatic N) is 1. The number of carbonyl (C=O) groups is 1. The minimum absolute atomic E-state index is 0.119. The van der Waals surface area contributed by atoms with E-state index in [1.54, 1.807) is 11.0 Å². The Kier molecular flexibility index (Phi) is 3.40. The number of amides is 1. The monoisotopic (exact) mass is 276 g/mol. The van der Waals surface area contributed by atoms with Crippen LogP contribution in [0.1, 0.15) is 31.7 Å². The van der Waals surface area contributed by atoms with E-state index in [2.05, 4.69) is 6.92 Å². The molecule has 3 rings (SSSR count). The molecule has 1 aromatic carbocycles. The minimum atomic E-state index is -1.27. The molecule has 0 aliphatic carbocycles. The summed E-state index contributed by atoms with van der Waals surface area (Å²) < 4.78 is 11.5. The average molecular weight is 276 g/mol. The third-order valence-corrected chi connectivity index (χ3v) is 3.83. The highest BCUT2D eigenvalue weighted by atomic mass is 16.7. The largest absolute Gasteiger partial charge is 0.399 e. The quantitative estimate of drug-likeness (QED) is 0.858. The van der Waals surface area contributed by atoms with E-state index in [1.165, 1.54) is 0 Å². The molecule has 0 aromatic heterocycles. The summed E-state index contributed by atoms with van der Waals surface area (Å²) in [5.41, 5.74) is 8.10. The van der Waals surface area contributed by atoms with Gasteiger partial charge in [-0.1, -0.05) is 13.3 Å². The number of unbranched alkanes of at least 4 members (excludes halogenated alkanes) is 1. The van der Waals surface area contributed by atoms with E-state index >= 15 is 0 Å². The van der Waals surface area contributed by atoms with Crippen LogP contribution >= 0.6 is 0 Å². The summed E-state index contributed by atoms with van der Waals surface area (Å²) in [5.74, 6) is -1.39. The zero-order chi connectivity index (χ0) is 14.2. The van der Waals surface area contributed by atoms with Crippen molar-refractivity contribution in [1.29, 1.82) is 0 Å². The number of nitrogen functional groups attached to an aromatic ring is 1. The molecule has 0 unspecified atom stereocenters. The van der Waals surface area contributed by atoms with Gasteiger partial charge in [-0.3, -0.25) is 4.79 Å². The molecule has 108 valence electrons. The van der Waals surface area contributed by atoms with E-state index in [9.17, 15) is 4.79 Å². The second-order valence-corrected chi connectivity index (χ2v) is 5.25. The number of benzene rings is 1. The Labute approximate surface area is 118 Å². The molecular weight excluding hydrogens is 256 g/mol. The maximum absolute atomic E-state index is 12.8. The highest BCUT2D eigenvalue weighted by Crippen LogP contribution is 2.45. The van der Waals surface area contributed by atoms with Crippen LogP contribution in [0.3, 0.4) is 0 Å². The van der Waals surface area contributed by atoms with Gasteiger partial charge in [0.25, 0.3) is 11.7 Å². The smallest absolute Gasteiger partial charge is 0.292 e. The second-order valence-electron chi connectivity index (χ2n) is 5.25. The van der Waals surface area contributed by atoms with E-state index in [0.717, 1.165) is 30.5 Å². The highest BCUT2D eigenvalue weighted by Gasteiger charge is 2.54. The fraction of sp³-hybridized carbons (Fsp3) is 0.533. The van der Waals surface area contributed by atoms with Gasteiger partial charge in [-0.25, -0.2) is 0 Å². The normalized spacial score (nSPS) is 20.4. The number of nitrogens with two attached hydrogens (primary N) is 1. The van der Waals surface area contributed by atoms with Crippen molar-refractivity contribution < 1.29 is 14.3 Å². The van der Waals surface area contributed by atoms with Gasteiger partial charge in [-0.2, -0.15) is 0 Å². The zero-order valence-electron chi connectivity index (χ0n) is 11.7. The topological polar surface area (TPSA) is 64.8 Å². The molecule has 1 amide bonds. The summed E-state index contributed by atoms with van der Waals surface area (Å²) in [6.45, 7) is 3.84. The van der Waals surface area contributed by atoms with E-state index in [-0.39, 0.29) is 5.91 Å². The van der Waals surface area contributed by atoms with Crippen molar-refractivity contribution in [2.45, 2.75) is 32.0 Å². The lowest BCUT2D eigenvalue weighted by Crippen LogP contribution is -2.47. The Hall–Kier alpha value is -1.59. The summed E-state index contributed by atoms with van der Waals surface area (Å²) in [4.78, 5) is 14.6. The number of anilines is 2. The predicted molar refractivity (Wildman–Crippen MR) is 76.3 cm³/mol. The van der Waals surface area contributed by atoms with Gasteiger partial charge in [0.1, 0.15) is 0 Å². The predicted octanol–water partition coefficient (Wildman–Crippen LogP) is 2.01. The SMILES string of the molecule is CCCCN1C(=O)C2(OCCCO2)c2cc(N)ccc21. The number of ether oxygens (including phenoxy) is 2. The van der Waals surface area contributed by atoms with Crippen LogP contribution in [-0.2, 0) is 20.1 Å². The molecule has 0 atom stereocenters. The lowest BCUT2D eigenvalue weighted by Gasteiger charge is -2.32. The van der Waals surface area contributed by atoms with Gasteiger partial charge in [-0.15, -0.1) is 0 Å². The zero-order valence-corrected chi connectivity index (χ0v) is 11.7. The lowest BCUT2D eigenvalue weighted by molar-refractivity contribution is -0.256. The summed E-state index contributed by atoms with van der Waals surface area (Å²) in [5, 5.41) is 0. The molecule has 5 nitrogen and oxygen atoms in total. The Balaban J connectivity index is 2.05. The standard InChI is InChI=1S/C15H20N2O3/c1-2-3-7-17-13-6-5-11(16)10-12(13)15(14(17)18)19-8-4-9-20-15/h5-6,10H,2-4,7-9,16H2,1H3. The molecule has 5 heteroatoms. The Bertz CT molecular complexity index is 524. The molecule has 1 spiro atoms. The fourth-order valence-electron chi connectivity index (χ4n) is 2.80.